The number of halogens is 2. The van der Waals surface area contributed by atoms with E-state index < -0.39 is 6.04 Å². The Bertz CT molecular complexity index is 1180. The summed E-state index contributed by atoms with van der Waals surface area (Å²) >= 11 is 9.76. The first-order valence-corrected chi connectivity index (χ1v) is 12.7. The number of fused-ring (bicyclic) bond motifs is 1. The third kappa shape index (κ3) is 5.91. The van der Waals surface area contributed by atoms with E-state index in [9.17, 15) is 9.59 Å². The summed E-state index contributed by atoms with van der Waals surface area (Å²) < 4.78 is 6.71. The van der Waals surface area contributed by atoms with Gasteiger partial charge in [-0.3, -0.25) is 9.59 Å². The molecule has 3 aromatic rings. The largest absolute Gasteiger partial charge is 0.483 e. The Kier molecular flexibility index (Phi) is 8.11. The van der Waals surface area contributed by atoms with Gasteiger partial charge in [-0.2, -0.15) is 0 Å². The smallest absolute Gasteiger partial charge is 0.261 e. The molecular formula is C27H28BrClN2O3. The van der Waals surface area contributed by atoms with Crippen molar-refractivity contribution in [3.63, 3.8) is 0 Å². The molecule has 0 spiro atoms. The summed E-state index contributed by atoms with van der Waals surface area (Å²) in [5.74, 6) is 0.168. The predicted octanol–water partition coefficient (Wildman–Crippen LogP) is 6.11. The number of rotatable bonds is 8. The average molecular weight is 544 g/mol. The van der Waals surface area contributed by atoms with Gasteiger partial charge in [0, 0.05) is 17.6 Å². The van der Waals surface area contributed by atoms with E-state index in [0.29, 0.717) is 10.8 Å². The van der Waals surface area contributed by atoms with Crippen LogP contribution in [0.25, 0.3) is 10.8 Å². The molecule has 0 unspecified atom stereocenters. The van der Waals surface area contributed by atoms with Gasteiger partial charge >= 0.3 is 0 Å². The van der Waals surface area contributed by atoms with Gasteiger partial charge in [-0.1, -0.05) is 66.9 Å². The molecule has 1 N–H and O–H groups in total. The van der Waals surface area contributed by atoms with E-state index in [1.54, 1.807) is 17.9 Å². The molecule has 2 amide bonds. The molecule has 7 heteroatoms. The summed E-state index contributed by atoms with van der Waals surface area (Å²) in [6, 6.07) is 18.6. The molecule has 1 aliphatic carbocycles. The molecule has 0 heterocycles. The van der Waals surface area contributed by atoms with Crippen LogP contribution in [0.5, 0.6) is 5.75 Å². The van der Waals surface area contributed by atoms with E-state index in [4.69, 9.17) is 16.3 Å². The van der Waals surface area contributed by atoms with E-state index in [1.807, 2.05) is 54.6 Å². The second-order valence-corrected chi connectivity index (χ2v) is 9.93. The molecule has 0 bridgehead atoms. The van der Waals surface area contributed by atoms with Gasteiger partial charge < -0.3 is 15.0 Å². The average Bonchev–Trinajstić information content (AvgIpc) is 3.35. The summed E-state index contributed by atoms with van der Waals surface area (Å²) in [5, 5.41) is 5.78. The van der Waals surface area contributed by atoms with Crippen molar-refractivity contribution >= 4 is 50.1 Å². The number of nitrogens with zero attached hydrogens (tertiary/aromatic N) is 1. The molecule has 0 aliphatic heterocycles. The molecule has 178 valence electrons. The Morgan fingerprint density at radius 2 is 1.88 bits per heavy atom. The van der Waals surface area contributed by atoms with Gasteiger partial charge in [-0.15, -0.1) is 0 Å². The highest BCUT2D eigenvalue weighted by atomic mass is 79.9. The van der Waals surface area contributed by atoms with Crippen LogP contribution in [0.1, 0.15) is 38.2 Å². The molecule has 5 nitrogen and oxygen atoms in total. The number of carbonyl (C=O) groups excluding carboxylic acids is 2. The summed E-state index contributed by atoms with van der Waals surface area (Å²) in [5.41, 5.74) is 0.855. The third-order valence-electron chi connectivity index (χ3n) is 6.29. The SMILES string of the molecule is C[C@@H](C(=O)NC1CCCC1)N(Cc1cccc(Cl)c1)C(=O)COc1ccc2ccccc2c1Br. The van der Waals surface area contributed by atoms with Crippen molar-refractivity contribution in [1.29, 1.82) is 0 Å². The van der Waals surface area contributed by atoms with Crippen molar-refractivity contribution in [3.8, 4) is 5.75 Å². The lowest BCUT2D eigenvalue weighted by Gasteiger charge is -2.29. The molecular weight excluding hydrogens is 516 g/mol. The fourth-order valence-electron chi connectivity index (χ4n) is 4.35. The lowest BCUT2D eigenvalue weighted by molar-refractivity contribution is -0.142. The quantitative estimate of drug-likeness (QED) is 0.373. The lowest BCUT2D eigenvalue weighted by atomic mass is 10.1. The number of carbonyl (C=O) groups is 2. The summed E-state index contributed by atoms with van der Waals surface area (Å²) in [4.78, 5) is 27.9. The van der Waals surface area contributed by atoms with Crippen LogP contribution in [0.3, 0.4) is 0 Å². The maximum absolute atomic E-state index is 13.3. The van der Waals surface area contributed by atoms with E-state index in [0.717, 1.165) is 46.5 Å². The highest BCUT2D eigenvalue weighted by molar-refractivity contribution is 9.10. The van der Waals surface area contributed by atoms with Gasteiger partial charge in [-0.05, 0) is 70.2 Å². The van der Waals surface area contributed by atoms with Gasteiger partial charge in [0.15, 0.2) is 6.61 Å². The molecule has 34 heavy (non-hydrogen) atoms. The van der Waals surface area contributed by atoms with Crippen LogP contribution >= 0.6 is 27.5 Å². The van der Waals surface area contributed by atoms with E-state index >= 15 is 0 Å². The van der Waals surface area contributed by atoms with Crippen LogP contribution in [0.4, 0.5) is 0 Å². The Morgan fingerprint density at radius 1 is 1.12 bits per heavy atom. The number of hydrogen-bond donors (Lipinski definition) is 1. The second-order valence-electron chi connectivity index (χ2n) is 8.70. The third-order valence-corrected chi connectivity index (χ3v) is 7.34. The molecule has 0 aromatic heterocycles. The second kappa shape index (κ2) is 11.2. The van der Waals surface area contributed by atoms with Crippen LogP contribution < -0.4 is 10.1 Å². The normalized spacial score (nSPS) is 14.7. The Labute approximate surface area is 213 Å². The van der Waals surface area contributed by atoms with Crippen molar-refractivity contribution in [2.24, 2.45) is 0 Å². The maximum atomic E-state index is 13.3. The van der Waals surface area contributed by atoms with Crippen LogP contribution in [0.2, 0.25) is 5.02 Å². The molecule has 0 saturated heterocycles. The van der Waals surface area contributed by atoms with Crippen LogP contribution in [0, 0.1) is 0 Å². The Hall–Kier alpha value is -2.57. The zero-order valence-corrected chi connectivity index (χ0v) is 21.4. The fourth-order valence-corrected chi connectivity index (χ4v) is 5.17. The number of amides is 2. The molecule has 1 saturated carbocycles. The molecule has 0 radical (unpaired) electrons. The van der Waals surface area contributed by atoms with Gasteiger partial charge in [-0.25, -0.2) is 0 Å². The number of hydrogen-bond acceptors (Lipinski definition) is 3. The monoisotopic (exact) mass is 542 g/mol. The van der Waals surface area contributed by atoms with Crippen LogP contribution in [0.15, 0.2) is 65.1 Å². The minimum absolute atomic E-state index is 0.144. The standard InChI is InChI=1S/C27H28BrClN2O3/c1-18(27(33)30-22-10-3-4-11-22)31(16-19-7-6-9-21(29)15-19)25(32)17-34-24-14-13-20-8-2-5-12-23(20)26(24)28/h2,5-9,12-15,18,22H,3-4,10-11,16-17H2,1H3,(H,30,33)/t18-/m0/s1. The molecule has 4 rings (SSSR count). The molecule has 1 fully saturated rings. The zero-order chi connectivity index (χ0) is 24.1. The predicted molar refractivity (Wildman–Crippen MR) is 139 cm³/mol. The van der Waals surface area contributed by atoms with Gasteiger partial charge in [0.1, 0.15) is 11.8 Å². The minimum atomic E-state index is -0.643. The highest BCUT2D eigenvalue weighted by Gasteiger charge is 2.29. The molecule has 3 aromatic carbocycles. The number of nitrogens with one attached hydrogen (secondary N) is 1. The lowest BCUT2D eigenvalue weighted by Crippen LogP contribution is -2.50. The van der Waals surface area contributed by atoms with E-state index in [1.165, 1.54) is 0 Å². The molecule has 1 atom stereocenters. The number of ether oxygens (including phenoxy) is 1. The van der Waals surface area contributed by atoms with Crippen molar-refractivity contribution in [1.82, 2.24) is 10.2 Å². The summed E-state index contributed by atoms with van der Waals surface area (Å²) in [6.45, 7) is 1.85. The first-order chi connectivity index (χ1) is 16.4. The van der Waals surface area contributed by atoms with Crippen molar-refractivity contribution in [2.45, 2.75) is 51.2 Å². The maximum Gasteiger partial charge on any atom is 0.261 e. The highest BCUT2D eigenvalue weighted by Crippen LogP contribution is 2.33. The minimum Gasteiger partial charge on any atom is -0.483 e. The van der Waals surface area contributed by atoms with Gasteiger partial charge in [0.2, 0.25) is 5.91 Å². The zero-order valence-electron chi connectivity index (χ0n) is 19.1. The van der Waals surface area contributed by atoms with Crippen LogP contribution in [-0.2, 0) is 16.1 Å². The van der Waals surface area contributed by atoms with Crippen molar-refractivity contribution in [2.75, 3.05) is 6.61 Å². The Balaban J connectivity index is 1.50. The van der Waals surface area contributed by atoms with Crippen LogP contribution in [-0.4, -0.2) is 35.4 Å². The summed E-state index contributed by atoms with van der Waals surface area (Å²) in [7, 11) is 0. The topological polar surface area (TPSA) is 58.6 Å². The van der Waals surface area contributed by atoms with Crippen molar-refractivity contribution in [3.05, 3.63) is 75.7 Å². The van der Waals surface area contributed by atoms with Gasteiger partial charge in [0.05, 0.1) is 4.47 Å². The number of benzene rings is 3. The Morgan fingerprint density at radius 3 is 2.65 bits per heavy atom. The van der Waals surface area contributed by atoms with E-state index in [2.05, 4.69) is 21.2 Å². The summed E-state index contributed by atoms with van der Waals surface area (Å²) in [6.07, 6.45) is 4.22. The fraction of sp³-hybridized carbons (Fsp3) is 0.333. The first-order valence-electron chi connectivity index (χ1n) is 11.6. The first kappa shape index (κ1) is 24.6. The van der Waals surface area contributed by atoms with Crippen molar-refractivity contribution < 1.29 is 14.3 Å². The van der Waals surface area contributed by atoms with Gasteiger partial charge in [0.25, 0.3) is 5.91 Å². The van der Waals surface area contributed by atoms with E-state index in [-0.39, 0.29) is 31.0 Å². The molecule has 1 aliphatic rings.